The van der Waals surface area contributed by atoms with Gasteiger partial charge >= 0.3 is 5.97 Å². The minimum absolute atomic E-state index is 0.0987. The van der Waals surface area contributed by atoms with Crippen LogP contribution in [0.15, 0.2) is 18.2 Å². The number of esters is 1. The zero-order chi connectivity index (χ0) is 16.8. The fourth-order valence-corrected chi connectivity index (χ4v) is 2.74. The Morgan fingerprint density at radius 3 is 2.78 bits per heavy atom. The molecule has 0 bridgehead atoms. The van der Waals surface area contributed by atoms with Crippen LogP contribution in [0.1, 0.15) is 48.5 Å². The molecular formula is C17H19FN2O3. The highest BCUT2D eigenvalue weighted by atomic mass is 19.1. The van der Waals surface area contributed by atoms with E-state index in [1.807, 2.05) is 0 Å². The number of amides is 1. The van der Waals surface area contributed by atoms with Gasteiger partial charge in [0, 0.05) is 6.04 Å². The average molecular weight is 318 g/mol. The highest BCUT2D eigenvalue weighted by molar-refractivity contribution is 5.91. The maximum atomic E-state index is 13.7. The van der Waals surface area contributed by atoms with E-state index in [2.05, 4.69) is 12.2 Å². The van der Waals surface area contributed by atoms with Crippen LogP contribution in [0.3, 0.4) is 0 Å². The van der Waals surface area contributed by atoms with Crippen LogP contribution in [0.2, 0.25) is 0 Å². The molecule has 23 heavy (non-hydrogen) atoms. The second-order valence-corrected chi connectivity index (χ2v) is 5.82. The van der Waals surface area contributed by atoms with Crippen molar-refractivity contribution in [2.45, 2.75) is 38.6 Å². The number of hydrogen-bond donors (Lipinski definition) is 1. The van der Waals surface area contributed by atoms with Crippen LogP contribution in [0, 0.1) is 23.1 Å². The number of nitrogens with zero attached hydrogens (tertiary/aromatic N) is 1. The molecule has 0 saturated heterocycles. The Morgan fingerprint density at radius 2 is 2.13 bits per heavy atom. The molecule has 6 heteroatoms. The average Bonchev–Trinajstić information content (AvgIpc) is 2.54. The number of rotatable bonds is 4. The third kappa shape index (κ3) is 4.52. The number of nitriles is 1. The Hall–Kier alpha value is -2.42. The number of benzene rings is 1. The second kappa shape index (κ2) is 7.73. The van der Waals surface area contributed by atoms with Gasteiger partial charge in [-0.05, 0) is 37.0 Å². The number of hydrogen-bond acceptors (Lipinski definition) is 4. The molecule has 1 aliphatic carbocycles. The fraction of sp³-hybridized carbons (Fsp3) is 0.471. The van der Waals surface area contributed by atoms with E-state index < -0.39 is 18.4 Å². The van der Waals surface area contributed by atoms with Gasteiger partial charge in [0.15, 0.2) is 6.61 Å². The SMILES string of the molecule is C[C@@H]1CCCC[C@@H]1NC(=O)COC(=O)c1ccc(C#N)cc1F. The van der Waals surface area contributed by atoms with Crippen molar-refractivity contribution in [1.82, 2.24) is 5.32 Å². The zero-order valence-electron chi connectivity index (χ0n) is 13.0. The maximum absolute atomic E-state index is 13.7. The molecule has 0 spiro atoms. The third-order valence-corrected chi connectivity index (χ3v) is 4.11. The smallest absolute Gasteiger partial charge is 0.341 e. The maximum Gasteiger partial charge on any atom is 0.341 e. The minimum Gasteiger partial charge on any atom is -0.452 e. The van der Waals surface area contributed by atoms with Crippen molar-refractivity contribution in [3.05, 3.63) is 35.1 Å². The fourth-order valence-electron chi connectivity index (χ4n) is 2.74. The van der Waals surface area contributed by atoms with Crippen molar-refractivity contribution < 1.29 is 18.7 Å². The summed E-state index contributed by atoms with van der Waals surface area (Å²) < 4.78 is 18.5. The number of nitrogens with one attached hydrogen (secondary N) is 1. The first-order chi connectivity index (χ1) is 11.0. The van der Waals surface area contributed by atoms with E-state index in [0.29, 0.717) is 5.92 Å². The molecule has 0 unspecified atom stereocenters. The number of halogens is 1. The lowest BCUT2D eigenvalue weighted by Gasteiger charge is -2.29. The zero-order valence-corrected chi connectivity index (χ0v) is 13.0. The summed E-state index contributed by atoms with van der Waals surface area (Å²) in [5.74, 6) is -1.74. The third-order valence-electron chi connectivity index (χ3n) is 4.11. The molecule has 2 rings (SSSR count). The van der Waals surface area contributed by atoms with E-state index in [1.54, 1.807) is 6.07 Å². The first kappa shape index (κ1) is 16.9. The van der Waals surface area contributed by atoms with E-state index in [1.165, 1.54) is 18.6 Å². The number of ether oxygens (including phenoxy) is 1. The Kier molecular flexibility index (Phi) is 5.69. The van der Waals surface area contributed by atoms with E-state index in [0.717, 1.165) is 25.3 Å². The molecule has 1 amide bonds. The van der Waals surface area contributed by atoms with Gasteiger partial charge in [0.25, 0.3) is 5.91 Å². The van der Waals surface area contributed by atoms with E-state index in [9.17, 15) is 14.0 Å². The van der Waals surface area contributed by atoms with Gasteiger partial charge in [-0.25, -0.2) is 9.18 Å². The van der Waals surface area contributed by atoms with Crippen molar-refractivity contribution in [3.8, 4) is 6.07 Å². The number of carbonyl (C=O) groups is 2. The van der Waals surface area contributed by atoms with Gasteiger partial charge in [0.2, 0.25) is 0 Å². The van der Waals surface area contributed by atoms with Crippen LogP contribution in [-0.4, -0.2) is 24.5 Å². The number of carbonyl (C=O) groups excluding carboxylic acids is 2. The Bertz CT molecular complexity index is 639. The van der Waals surface area contributed by atoms with Gasteiger partial charge in [-0.2, -0.15) is 5.26 Å². The first-order valence-electron chi connectivity index (χ1n) is 7.67. The van der Waals surface area contributed by atoms with Crippen LogP contribution < -0.4 is 5.32 Å². The molecule has 2 atom stereocenters. The molecule has 1 aromatic rings. The van der Waals surface area contributed by atoms with Gasteiger partial charge in [-0.15, -0.1) is 0 Å². The van der Waals surface area contributed by atoms with Crippen molar-refractivity contribution in [2.24, 2.45) is 5.92 Å². The second-order valence-electron chi connectivity index (χ2n) is 5.82. The Morgan fingerprint density at radius 1 is 1.39 bits per heavy atom. The summed E-state index contributed by atoms with van der Waals surface area (Å²) >= 11 is 0. The highest BCUT2D eigenvalue weighted by Crippen LogP contribution is 2.23. The summed E-state index contributed by atoms with van der Waals surface area (Å²) in [4.78, 5) is 23.7. The molecule has 1 N–H and O–H groups in total. The molecule has 1 saturated carbocycles. The molecule has 0 heterocycles. The Balaban J connectivity index is 1.86. The molecule has 0 aromatic heterocycles. The molecule has 122 valence electrons. The van der Waals surface area contributed by atoms with Crippen molar-refractivity contribution in [1.29, 1.82) is 5.26 Å². The van der Waals surface area contributed by atoms with Crippen molar-refractivity contribution in [3.63, 3.8) is 0 Å². The lowest BCUT2D eigenvalue weighted by molar-refractivity contribution is -0.125. The lowest BCUT2D eigenvalue weighted by Crippen LogP contribution is -2.42. The quantitative estimate of drug-likeness (QED) is 0.865. The van der Waals surface area contributed by atoms with E-state index in [4.69, 9.17) is 10.00 Å². The van der Waals surface area contributed by atoms with E-state index in [-0.39, 0.29) is 23.1 Å². The van der Waals surface area contributed by atoms with Crippen LogP contribution in [0.25, 0.3) is 0 Å². The highest BCUT2D eigenvalue weighted by Gasteiger charge is 2.23. The van der Waals surface area contributed by atoms with Gasteiger partial charge < -0.3 is 10.1 Å². The van der Waals surface area contributed by atoms with Gasteiger partial charge in [0.05, 0.1) is 17.2 Å². The lowest BCUT2D eigenvalue weighted by atomic mass is 9.86. The molecular weight excluding hydrogens is 299 g/mol. The van der Waals surface area contributed by atoms with E-state index >= 15 is 0 Å². The molecule has 1 aliphatic rings. The first-order valence-corrected chi connectivity index (χ1v) is 7.67. The molecule has 1 fully saturated rings. The normalized spacial score (nSPS) is 20.4. The molecule has 5 nitrogen and oxygen atoms in total. The van der Waals surface area contributed by atoms with Gasteiger partial charge in [-0.1, -0.05) is 19.8 Å². The summed E-state index contributed by atoms with van der Waals surface area (Å²) in [6.07, 6.45) is 4.23. The van der Waals surface area contributed by atoms with Gasteiger partial charge in [0.1, 0.15) is 5.82 Å². The van der Waals surface area contributed by atoms with Crippen molar-refractivity contribution >= 4 is 11.9 Å². The standard InChI is InChI=1S/C17H19FN2O3/c1-11-4-2-3-5-15(11)20-16(21)10-23-17(22)13-7-6-12(9-19)8-14(13)18/h6-8,11,15H,2-5,10H2,1H3,(H,20,21)/t11-,15+/m1/s1. The molecule has 0 radical (unpaired) electrons. The summed E-state index contributed by atoms with van der Waals surface area (Å²) in [6.45, 7) is 1.64. The van der Waals surface area contributed by atoms with Crippen LogP contribution in [0.4, 0.5) is 4.39 Å². The summed E-state index contributed by atoms with van der Waals surface area (Å²) in [6, 6.07) is 5.34. The topological polar surface area (TPSA) is 79.2 Å². The van der Waals surface area contributed by atoms with Crippen LogP contribution in [0.5, 0.6) is 0 Å². The minimum atomic E-state index is -0.918. The van der Waals surface area contributed by atoms with Crippen LogP contribution >= 0.6 is 0 Å². The predicted molar refractivity (Wildman–Crippen MR) is 81.0 cm³/mol. The molecule has 0 aliphatic heterocycles. The van der Waals surface area contributed by atoms with Crippen LogP contribution in [-0.2, 0) is 9.53 Å². The summed E-state index contributed by atoms with van der Waals surface area (Å²) in [7, 11) is 0. The summed E-state index contributed by atoms with van der Waals surface area (Å²) in [5, 5.41) is 11.5. The summed E-state index contributed by atoms with van der Waals surface area (Å²) in [5.41, 5.74) is -0.175. The monoisotopic (exact) mass is 318 g/mol. The largest absolute Gasteiger partial charge is 0.452 e. The van der Waals surface area contributed by atoms with Crippen molar-refractivity contribution in [2.75, 3.05) is 6.61 Å². The Labute approximate surface area is 134 Å². The molecule has 1 aromatic carbocycles. The van der Waals surface area contributed by atoms with Gasteiger partial charge in [-0.3, -0.25) is 4.79 Å². The predicted octanol–water partition coefficient (Wildman–Crippen LogP) is 2.55.